The number of carbonyl (C=O) groups is 2. The zero-order chi connectivity index (χ0) is 19.2. The molecule has 0 unspecified atom stereocenters. The van der Waals surface area contributed by atoms with Crippen molar-refractivity contribution < 1.29 is 9.59 Å². The van der Waals surface area contributed by atoms with Crippen LogP contribution in [0.5, 0.6) is 0 Å². The van der Waals surface area contributed by atoms with Crippen molar-refractivity contribution in [1.29, 1.82) is 0 Å². The molecule has 0 saturated heterocycles. The van der Waals surface area contributed by atoms with E-state index >= 15 is 0 Å². The number of carbonyl (C=O) groups excluding carboxylic acids is 2. The first kappa shape index (κ1) is 18.6. The Morgan fingerprint density at radius 1 is 1.07 bits per heavy atom. The Labute approximate surface area is 158 Å². The van der Waals surface area contributed by atoms with Gasteiger partial charge in [0.1, 0.15) is 11.7 Å². The summed E-state index contributed by atoms with van der Waals surface area (Å²) >= 11 is 0. The highest BCUT2D eigenvalue weighted by Gasteiger charge is 2.24. The van der Waals surface area contributed by atoms with Crippen LogP contribution >= 0.6 is 0 Å². The van der Waals surface area contributed by atoms with Gasteiger partial charge in [-0.3, -0.25) is 9.59 Å². The van der Waals surface area contributed by atoms with Crippen LogP contribution in [-0.2, 0) is 22.6 Å². The highest BCUT2D eigenvalue weighted by Crippen LogP contribution is 2.07. The third kappa shape index (κ3) is 4.94. The van der Waals surface area contributed by atoms with E-state index in [1.54, 1.807) is 0 Å². The second-order valence-corrected chi connectivity index (χ2v) is 6.87. The average molecular weight is 364 g/mol. The van der Waals surface area contributed by atoms with Crippen LogP contribution in [0.2, 0.25) is 0 Å². The van der Waals surface area contributed by atoms with Gasteiger partial charge in [-0.2, -0.15) is 0 Å². The Kier molecular flexibility index (Phi) is 5.86. The summed E-state index contributed by atoms with van der Waals surface area (Å²) in [6.07, 6.45) is 4.05. The Hall–Kier alpha value is -3.15. The maximum absolute atomic E-state index is 12.6. The highest BCUT2D eigenvalue weighted by atomic mass is 16.2. The first-order chi connectivity index (χ1) is 13.0. The van der Waals surface area contributed by atoms with E-state index in [2.05, 4.69) is 15.6 Å². The lowest BCUT2D eigenvalue weighted by Gasteiger charge is -2.21. The van der Waals surface area contributed by atoms with Crippen molar-refractivity contribution in [3.8, 4) is 0 Å². The minimum Gasteiger partial charge on any atom is -0.349 e. The largest absolute Gasteiger partial charge is 0.349 e. The van der Waals surface area contributed by atoms with E-state index in [0.717, 1.165) is 16.9 Å². The summed E-state index contributed by atoms with van der Waals surface area (Å²) < 4.78 is 1.91. The van der Waals surface area contributed by atoms with Crippen molar-refractivity contribution >= 4 is 17.5 Å². The quantitative estimate of drug-likeness (QED) is 0.676. The molecule has 0 aliphatic rings. The van der Waals surface area contributed by atoms with Gasteiger partial charge in [-0.1, -0.05) is 50.2 Å². The molecule has 0 spiro atoms. The molecule has 0 saturated carbocycles. The number of nitrogens with one attached hydrogen (secondary N) is 2. The zero-order valence-corrected chi connectivity index (χ0v) is 15.6. The molecule has 3 aromatic rings. The molecule has 6 nitrogen and oxygen atoms in total. The number of benzene rings is 1. The molecule has 1 atom stereocenters. The van der Waals surface area contributed by atoms with Crippen LogP contribution in [0, 0.1) is 5.92 Å². The summed E-state index contributed by atoms with van der Waals surface area (Å²) in [5.41, 5.74) is 2.52. The van der Waals surface area contributed by atoms with Crippen LogP contribution in [0.4, 0.5) is 0 Å². The number of amides is 2. The number of hydrogen-bond acceptors (Lipinski definition) is 3. The fraction of sp³-hybridized carbons (Fsp3) is 0.286. The molecule has 0 aliphatic carbocycles. The van der Waals surface area contributed by atoms with Crippen LogP contribution in [0.1, 0.15) is 25.1 Å². The van der Waals surface area contributed by atoms with Crippen molar-refractivity contribution in [2.45, 2.75) is 32.9 Å². The predicted molar refractivity (Wildman–Crippen MR) is 104 cm³/mol. The molecule has 3 rings (SSSR count). The van der Waals surface area contributed by atoms with E-state index in [1.807, 2.05) is 79.2 Å². The van der Waals surface area contributed by atoms with Gasteiger partial charge in [-0.25, -0.2) is 4.98 Å². The van der Waals surface area contributed by atoms with E-state index < -0.39 is 6.04 Å². The molecule has 140 valence electrons. The van der Waals surface area contributed by atoms with Crippen LogP contribution < -0.4 is 10.6 Å². The van der Waals surface area contributed by atoms with Crippen molar-refractivity contribution in [3.63, 3.8) is 0 Å². The van der Waals surface area contributed by atoms with Crippen LogP contribution in [-0.4, -0.2) is 27.2 Å². The number of imidazole rings is 1. The molecule has 27 heavy (non-hydrogen) atoms. The monoisotopic (exact) mass is 364 g/mol. The van der Waals surface area contributed by atoms with Crippen LogP contribution in [0.3, 0.4) is 0 Å². The molecule has 2 heterocycles. The molecule has 2 N–H and O–H groups in total. The molecular formula is C21H24N4O2. The third-order valence-electron chi connectivity index (χ3n) is 4.33. The summed E-state index contributed by atoms with van der Waals surface area (Å²) in [6, 6.07) is 14.7. The second kappa shape index (κ2) is 8.49. The summed E-state index contributed by atoms with van der Waals surface area (Å²) in [4.78, 5) is 29.4. The van der Waals surface area contributed by atoms with Crippen molar-refractivity contribution in [3.05, 3.63) is 72.2 Å². The summed E-state index contributed by atoms with van der Waals surface area (Å²) in [5.74, 6) is -0.392. The number of fused-ring (bicyclic) bond motifs is 1. The number of rotatable bonds is 7. The fourth-order valence-electron chi connectivity index (χ4n) is 2.90. The predicted octanol–water partition coefficient (Wildman–Crippen LogP) is 2.33. The average Bonchev–Trinajstić information content (AvgIpc) is 3.08. The topological polar surface area (TPSA) is 75.5 Å². The van der Waals surface area contributed by atoms with E-state index in [-0.39, 0.29) is 24.2 Å². The first-order valence-electron chi connectivity index (χ1n) is 9.06. The molecular weight excluding hydrogens is 340 g/mol. The third-order valence-corrected chi connectivity index (χ3v) is 4.33. The van der Waals surface area contributed by atoms with E-state index in [1.165, 1.54) is 0 Å². The van der Waals surface area contributed by atoms with E-state index in [4.69, 9.17) is 0 Å². The van der Waals surface area contributed by atoms with Gasteiger partial charge in [-0.05, 0) is 23.6 Å². The van der Waals surface area contributed by atoms with E-state index in [0.29, 0.717) is 6.54 Å². The van der Waals surface area contributed by atoms with Crippen LogP contribution in [0.25, 0.3) is 5.65 Å². The number of aromatic nitrogens is 2. The smallest absolute Gasteiger partial charge is 0.243 e. The Morgan fingerprint density at radius 2 is 1.81 bits per heavy atom. The minimum absolute atomic E-state index is 0.0224. The van der Waals surface area contributed by atoms with Gasteiger partial charge in [-0.15, -0.1) is 0 Å². The Balaban J connectivity index is 1.58. The Morgan fingerprint density at radius 3 is 2.52 bits per heavy atom. The van der Waals surface area contributed by atoms with Crippen LogP contribution in [0.15, 0.2) is 60.9 Å². The molecule has 2 aromatic heterocycles. The lowest BCUT2D eigenvalue weighted by atomic mass is 10.0. The molecule has 0 fully saturated rings. The van der Waals surface area contributed by atoms with Gasteiger partial charge >= 0.3 is 0 Å². The summed E-state index contributed by atoms with van der Waals surface area (Å²) in [6.45, 7) is 4.15. The van der Waals surface area contributed by atoms with Gasteiger partial charge in [0, 0.05) is 12.4 Å². The lowest BCUT2D eigenvalue weighted by Crippen LogP contribution is -2.49. The van der Waals surface area contributed by atoms with Gasteiger partial charge in [0.2, 0.25) is 11.8 Å². The van der Waals surface area contributed by atoms with Crippen molar-refractivity contribution in [2.75, 3.05) is 0 Å². The molecule has 0 radical (unpaired) electrons. The standard InChI is InChI=1S/C21H24N4O2/c1-15(2)20(24-19(26)12-16-8-4-3-5-9-16)21(27)22-13-17-14-25-11-7-6-10-18(25)23-17/h3-11,14-15,20H,12-13H2,1-2H3,(H,22,27)(H,24,26)/t20-/m0/s1. The maximum Gasteiger partial charge on any atom is 0.243 e. The lowest BCUT2D eigenvalue weighted by molar-refractivity contribution is -0.129. The second-order valence-electron chi connectivity index (χ2n) is 6.87. The normalized spacial score (nSPS) is 12.1. The van der Waals surface area contributed by atoms with E-state index in [9.17, 15) is 9.59 Å². The van der Waals surface area contributed by atoms with Gasteiger partial charge in [0.05, 0.1) is 18.7 Å². The van der Waals surface area contributed by atoms with Gasteiger partial charge < -0.3 is 15.0 Å². The van der Waals surface area contributed by atoms with Gasteiger partial charge in [0.25, 0.3) is 0 Å². The maximum atomic E-state index is 12.6. The number of hydrogen-bond donors (Lipinski definition) is 2. The summed E-state index contributed by atoms with van der Waals surface area (Å²) in [5, 5.41) is 5.73. The molecule has 0 bridgehead atoms. The zero-order valence-electron chi connectivity index (χ0n) is 15.6. The van der Waals surface area contributed by atoms with Crippen molar-refractivity contribution in [1.82, 2.24) is 20.0 Å². The van der Waals surface area contributed by atoms with Gasteiger partial charge in [0.15, 0.2) is 0 Å². The van der Waals surface area contributed by atoms with Crippen molar-refractivity contribution in [2.24, 2.45) is 5.92 Å². The fourth-order valence-corrected chi connectivity index (χ4v) is 2.90. The molecule has 1 aromatic carbocycles. The SMILES string of the molecule is CC(C)[C@H](NC(=O)Cc1ccccc1)C(=O)NCc1cn2ccccc2n1. The minimum atomic E-state index is -0.585. The summed E-state index contributed by atoms with van der Waals surface area (Å²) in [7, 11) is 0. The number of pyridine rings is 1. The number of nitrogens with zero attached hydrogens (tertiary/aromatic N) is 2. The molecule has 0 aliphatic heterocycles. The molecule has 2 amide bonds. The molecule has 6 heteroatoms. The Bertz CT molecular complexity index is 885. The highest BCUT2D eigenvalue weighted by molar-refractivity contribution is 5.88. The first-order valence-corrected chi connectivity index (χ1v) is 9.06.